The number of fused-ring (bicyclic) bond motifs is 1. The predicted molar refractivity (Wildman–Crippen MR) is 123 cm³/mol. The van der Waals surface area contributed by atoms with E-state index in [4.69, 9.17) is 27.6 Å². The van der Waals surface area contributed by atoms with E-state index in [1.54, 1.807) is 30.5 Å². The minimum atomic E-state index is -3.82. The second kappa shape index (κ2) is 7.54. The van der Waals surface area contributed by atoms with Gasteiger partial charge in [0.1, 0.15) is 5.75 Å². The Hall–Kier alpha value is -1.67. The number of halogens is 2. The monoisotopic (exact) mass is 470 g/mol. The number of nitrogens with one attached hydrogen (secondary N) is 2. The third-order valence-corrected chi connectivity index (χ3v) is 11.5. The quantitative estimate of drug-likeness (QED) is 0.409. The van der Waals surface area contributed by atoms with Crippen molar-refractivity contribution in [3.63, 3.8) is 0 Å². The maximum atomic E-state index is 12.8. The second-order valence-electron chi connectivity index (χ2n) is 8.42. The summed E-state index contributed by atoms with van der Waals surface area (Å²) in [6.45, 7) is 10.8. The molecule has 0 bridgehead atoms. The normalized spacial score (nSPS) is 12.9. The lowest BCUT2D eigenvalue weighted by molar-refractivity contribution is 0.496. The van der Waals surface area contributed by atoms with E-state index in [2.05, 4.69) is 43.6 Å². The van der Waals surface area contributed by atoms with Gasteiger partial charge in [0.25, 0.3) is 18.3 Å². The molecular formula is C20H24Cl2N2O3SSi. The molecule has 0 unspecified atom stereocenters. The summed E-state index contributed by atoms with van der Waals surface area (Å²) in [5.74, 6) is 0.642. The molecule has 2 N–H and O–H groups in total. The van der Waals surface area contributed by atoms with Gasteiger partial charge in [-0.3, -0.25) is 4.72 Å². The van der Waals surface area contributed by atoms with Gasteiger partial charge in [0, 0.05) is 11.2 Å². The number of H-pyrrole nitrogens is 1. The summed E-state index contributed by atoms with van der Waals surface area (Å²) in [5.41, 5.74) is 0.950. The van der Waals surface area contributed by atoms with E-state index in [0.717, 1.165) is 0 Å². The zero-order valence-electron chi connectivity index (χ0n) is 16.9. The van der Waals surface area contributed by atoms with Crippen LogP contribution < -0.4 is 9.15 Å². The van der Waals surface area contributed by atoms with Crippen LogP contribution >= 0.6 is 23.2 Å². The molecule has 0 spiro atoms. The number of hydrogen-bond donors (Lipinski definition) is 2. The van der Waals surface area contributed by atoms with E-state index in [1.165, 1.54) is 12.1 Å². The van der Waals surface area contributed by atoms with E-state index in [1.807, 2.05) is 0 Å². The molecule has 1 aromatic heterocycles. The summed E-state index contributed by atoms with van der Waals surface area (Å²) in [7, 11) is -5.93. The molecule has 9 heteroatoms. The van der Waals surface area contributed by atoms with Crippen molar-refractivity contribution in [2.45, 2.75) is 43.8 Å². The highest BCUT2D eigenvalue weighted by Crippen LogP contribution is 2.42. The Morgan fingerprint density at radius 1 is 1.10 bits per heavy atom. The summed E-state index contributed by atoms with van der Waals surface area (Å²) < 4.78 is 34.7. The van der Waals surface area contributed by atoms with Gasteiger partial charge in [-0.1, -0.05) is 50.0 Å². The van der Waals surface area contributed by atoms with Crippen LogP contribution in [0.1, 0.15) is 20.8 Å². The first kappa shape index (κ1) is 22.0. The third kappa shape index (κ3) is 4.43. The van der Waals surface area contributed by atoms with Gasteiger partial charge >= 0.3 is 0 Å². The Morgan fingerprint density at radius 3 is 2.41 bits per heavy atom. The van der Waals surface area contributed by atoms with E-state index >= 15 is 0 Å². The van der Waals surface area contributed by atoms with Crippen molar-refractivity contribution in [3.8, 4) is 5.75 Å². The van der Waals surface area contributed by atoms with Crippen LogP contribution in [-0.4, -0.2) is 21.7 Å². The van der Waals surface area contributed by atoms with Crippen LogP contribution in [0.15, 0.2) is 47.5 Å². The van der Waals surface area contributed by atoms with Crippen LogP contribution in [0.4, 0.5) is 5.69 Å². The fourth-order valence-electron chi connectivity index (χ4n) is 2.61. The van der Waals surface area contributed by atoms with Crippen molar-refractivity contribution in [2.75, 3.05) is 4.72 Å². The molecule has 2 aromatic carbocycles. The molecule has 3 rings (SSSR count). The van der Waals surface area contributed by atoms with Crippen LogP contribution in [-0.2, 0) is 10.0 Å². The average molecular weight is 471 g/mol. The van der Waals surface area contributed by atoms with Crippen molar-refractivity contribution in [2.24, 2.45) is 0 Å². The minimum absolute atomic E-state index is 0.00887. The highest BCUT2D eigenvalue weighted by Gasteiger charge is 2.39. The maximum absolute atomic E-state index is 12.8. The lowest BCUT2D eigenvalue weighted by atomic mass is 10.2. The number of aromatic amines is 1. The number of benzene rings is 2. The van der Waals surface area contributed by atoms with Crippen LogP contribution in [0.5, 0.6) is 5.75 Å². The molecule has 156 valence electrons. The van der Waals surface area contributed by atoms with Crippen LogP contribution in [0.25, 0.3) is 10.9 Å². The lowest BCUT2D eigenvalue weighted by Crippen LogP contribution is -2.43. The largest absolute Gasteiger partial charge is 0.543 e. The third-order valence-electron chi connectivity index (χ3n) is 5.27. The fourth-order valence-corrected chi connectivity index (χ4v) is 5.25. The zero-order chi connectivity index (χ0) is 21.6. The standard InChI is InChI=1S/C20H24Cl2N2O3SSi/c1-20(2,3)29(4,5)27-17-10-9-16(19-18(17)15(22)12-23-19)24-28(25,26)14-8-6-7-13(21)11-14/h6-12,23-24H,1-5H3. The fraction of sp³-hybridized carbons (Fsp3) is 0.300. The first-order valence-corrected chi connectivity index (χ1v) is 14.2. The van der Waals surface area contributed by atoms with Gasteiger partial charge in [-0.25, -0.2) is 8.42 Å². The number of hydrogen-bond acceptors (Lipinski definition) is 3. The molecule has 0 atom stereocenters. The Kier molecular flexibility index (Phi) is 5.73. The molecule has 0 aliphatic heterocycles. The van der Waals surface area contributed by atoms with Crippen molar-refractivity contribution < 1.29 is 12.8 Å². The maximum Gasteiger partial charge on any atom is 0.262 e. The Labute approximate surface area is 182 Å². The second-order valence-corrected chi connectivity index (χ2v) is 15.7. The van der Waals surface area contributed by atoms with Gasteiger partial charge in [-0.2, -0.15) is 0 Å². The molecule has 3 aromatic rings. The number of sulfonamides is 1. The molecule has 0 amide bonds. The SMILES string of the molecule is CC(C)(C)[Si](C)(C)Oc1ccc(NS(=O)(=O)c2cccc(Cl)c2)c2[nH]cc(Cl)c12. The summed E-state index contributed by atoms with van der Waals surface area (Å²) >= 11 is 12.4. The molecular weight excluding hydrogens is 447 g/mol. The van der Waals surface area contributed by atoms with Gasteiger partial charge < -0.3 is 9.41 Å². The van der Waals surface area contributed by atoms with E-state index in [9.17, 15) is 8.42 Å². The lowest BCUT2D eigenvalue weighted by Gasteiger charge is -2.36. The average Bonchev–Trinajstić information content (AvgIpc) is 2.98. The van der Waals surface area contributed by atoms with Crippen molar-refractivity contribution in [1.29, 1.82) is 0 Å². The summed E-state index contributed by atoms with van der Waals surface area (Å²) in [4.78, 5) is 3.14. The highest BCUT2D eigenvalue weighted by atomic mass is 35.5. The van der Waals surface area contributed by atoms with Crippen LogP contribution in [0.2, 0.25) is 28.2 Å². The van der Waals surface area contributed by atoms with Crippen molar-refractivity contribution >= 4 is 58.1 Å². The van der Waals surface area contributed by atoms with Crippen molar-refractivity contribution in [1.82, 2.24) is 4.98 Å². The number of anilines is 1. The van der Waals surface area contributed by atoms with Crippen molar-refractivity contribution in [3.05, 3.63) is 52.6 Å². The topological polar surface area (TPSA) is 71.2 Å². The molecule has 0 aliphatic carbocycles. The molecule has 5 nitrogen and oxygen atoms in total. The van der Waals surface area contributed by atoms with E-state index in [0.29, 0.717) is 32.4 Å². The van der Waals surface area contributed by atoms with Crippen LogP contribution in [0.3, 0.4) is 0 Å². The molecule has 0 radical (unpaired) electrons. The van der Waals surface area contributed by atoms with Gasteiger partial charge in [0.05, 0.1) is 26.5 Å². The zero-order valence-corrected chi connectivity index (χ0v) is 20.3. The number of aromatic nitrogens is 1. The first-order chi connectivity index (χ1) is 13.3. The molecule has 29 heavy (non-hydrogen) atoms. The smallest absolute Gasteiger partial charge is 0.262 e. The Morgan fingerprint density at radius 2 is 1.79 bits per heavy atom. The highest BCUT2D eigenvalue weighted by molar-refractivity contribution is 7.92. The molecule has 0 aliphatic rings. The Bertz CT molecular complexity index is 1170. The van der Waals surface area contributed by atoms with Gasteiger partial charge in [0.2, 0.25) is 0 Å². The summed E-state index contributed by atoms with van der Waals surface area (Å²) in [6.07, 6.45) is 1.63. The first-order valence-electron chi connectivity index (χ1n) is 9.09. The summed E-state index contributed by atoms with van der Waals surface area (Å²) in [6, 6.07) is 9.54. The van der Waals surface area contributed by atoms with Gasteiger partial charge in [-0.05, 0) is 48.5 Å². The van der Waals surface area contributed by atoms with E-state index < -0.39 is 18.3 Å². The molecule has 0 fully saturated rings. The number of rotatable bonds is 5. The van der Waals surface area contributed by atoms with Crippen LogP contribution in [0, 0.1) is 0 Å². The van der Waals surface area contributed by atoms with Gasteiger partial charge in [0.15, 0.2) is 0 Å². The molecule has 0 saturated carbocycles. The minimum Gasteiger partial charge on any atom is -0.543 e. The Balaban J connectivity index is 2.04. The predicted octanol–water partition coefficient (Wildman–Crippen LogP) is 6.66. The molecule has 0 saturated heterocycles. The summed E-state index contributed by atoms with van der Waals surface area (Å²) in [5, 5.41) is 1.48. The molecule has 1 heterocycles. The van der Waals surface area contributed by atoms with Gasteiger partial charge in [-0.15, -0.1) is 0 Å². The van der Waals surface area contributed by atoms with E-state index in [-0.39, 0.29) is 9.93 Å².